The highest BCUT2D eigenvalue weighted by Crippen LogP contribution is 2.32. The van der Waals surface area contributed by atoms with Crippen LogP contribution in [0.4, 0.5) is 0 Å². The van der Waals surface area contributed by atoms with E-state index in [1.165, 1.54) is 24.1 Å². The van der Waals surface area contributed by atoms with Crippen LogP contribution in [0, 0.1) is 12.8 Å². The Morgan fingerprint density at radius 1 is 1.23 bits per heavy atom. The second-order valence-corrected chi connectivity index (χ2v) is 8.96. The number of nitrogens with one attached hydrogen (secondary N) is 2. The highest BCUT2D eigenvalue weighted by atomic mass is 127. The summed E-state index contributed by atoms with van der Waals surface area (Å²) in [5.41, 5.74) is 2.44. The molecule has 1 saturated heterocycles. The van der Waals surface area contributed by atoms with Crippen LogP contribution in [0.1, 0.15) is 29.1 Å². The molecular weight excluding hydrogens is 525 g/mol. The Kier molecular flexibility index (Phi) is 9.21. The maximum atomic E-state index is 5.45. The van der Waals surface area contributed by atoms with Gasteiger partial charge >= 0.3 is 0 Å². The molecule has 0 spiro atoms. The molecule has 0 radical (unpaired) electrons. The number of aryl methyl sites for hydroxylation is 1. The first-order chi connectivity index (χ1) is 14.7. The van der Waals surface area contributed by atoms with Crippen molar-refractivity contribution in [2.24, 2.45) is 10.9 Å². The largest absolute Gasteiger partial charge is 0.454 e. The van der Waals surface area contributed by atoms with Crippen LogP contribution in [-0.4, -0.2) is 55.9 Å². The van der Waals surface area contributed by atoms with Gasteiger partial charge in [-0.2, -0.15) is 0 Å². The van der Waals surface area contributed by atoms with Gasteiger partial charge in [0.1, 0.15) is 0 Å². The second kappa shape index (κ2) is 11.9. The molecule has 0 saturated carbocycles. The Labute approximate surface area is 205 Å². The molecule has 170 valence electrons. The maximum Gasteiger partial charge on any atom is 0.231 e. The van der Waals surface area contributed by atoms with Crippen molar-refractivity contribution in [1.29, 1.82) is 0 Å². The summed E-state index contributed by atoms with van der Waals surface area (Å²) in [7, 11) is 1.83. The number of thiazole rings is 1. The Morgan fingerprint density at radius 3 is 2.77 bits per heavy atom. The Balaban J connectivity index is 0.00000272. The Bertz CT molecular complexity index is 867. The summed E-state index contributed by atoms with van der Waals surface area (Å²) in [4.78, 5) is 11.5. The zero-order chi connectivity index (χ0) is 20.8. The van der Waals surface area contributed by atoms with Gasteiger partial charge in [0.15, 0.2) is 17.5 Å². The maximum absolute atomic E-state index is 5.45. The fourth-order valence-corrected chi connectivity index (χ4v) is 4.55. The third kappa shape index (κ3) is 6.95. The van der Waals surface area contributed by atoms with E-state index in [-0.39, 0.29) is 24.0 Å². The SMILES string of the molecule is CN=C(NCCc1ccc2c(c1)OCO2)NCC1CCN(Cc2csc(C)n2)CC1.I. The van der Waals surface area contributed by atoms with Gasteiger partial charge in [0.25, 0.3) is 0 Å². The van der Waals surface area contributed by atoms with Crippen LogP contribution < -0.4 is 20.1 Å². The third-order valence-corrected chi connectivity index (χ3v) is 6.51. The minimum absolute atomic E-state index is 0. The molecule has 0 amide bonds. The first kappa shape index (κ1) is 24.1. The van der Waals surface area contributed by atoms with Gasteiger partial charge in [0.2, 0.25) is 6.79 Å². The summed E-state index contributed by atoms with van der Waals surface area (Å²) in [6.07, 6.45) is 3.33. The molecule has 1 aromatic heterocycles. The van der Waals surface area contributed by atoms with E-state index in [9.17, 15) is 0 Å². The lowest BCUT2D eigenvalue weighted by Gasteiger charge is -2.31. The van der Waals surface area contributed by atoms with Gasteiger partial charge in [-0.05, 0) is 62.9 Å². The van der Waals surface area contributed by atoms with E-state index in [4.69, 9.17) is 9.47 Å². The van der Waals surface area contributed by atoms with Crippen molar-refractivity contribution >= 4 is 41.3 Å². The van der Waals surface area contributed by atoms with Crippen molar-refractivity contribution in [3.05, 3.63) is 39.8 Å². The number of halogens is 1. The van der Waals surface area contributed by atoms with Crippen LogP contribution in [0.2, 0.25) is 0 Å². The van der Waals surface area contributed by atoms with Crippen LogP contribution in [0.15, 0.2) is 28.6 Å². The van der Waals surface area contributed by atoms with Crippen LogP contribution in [0.5, 0.6) is 11.5 Å². The minimum Gasteiger partial charge on any atom is -0.454 e. The molecule has 2 aromatic rings. The highest BCUT2D eigenvalue weighted by Gasteiger charge is 2.20. The third-order valence-electron chi connectivity index (χ3n) is 5.68. The van der Waals surface area contributed by atoms with Gasteiger partial charge in [0.05, 0.1) is 10.7 Å². The summed E-state index contributed by atoms with van der Waals surface area (Å²) >= 11 is 1.74. The molecule has 9 heteroatoms. The molecule has 2 aliphatic heterocycles. The van der Waals surface area contributed by atoms with E-state index in [0.29, 0.717) is 12.7 Å². The number of nitrogens with zero attached hydrogens (tertiary/aromatic N) is 3. The number of aliphatic imine (C=N–C) groups is 1. The smallest absolute Gasteiger partial charge is 0.231 e. The number of piperidine rings is 1. The molecule has 1 fully saturated rings. The average molecular weight is 558 g/mol. The molecule has 0 atom stereocenters. The zero-order valence-corrected chi connectivity index (χ0v) is 21.4. The number of hydrogen-bond acceptors (Lipinski definition) is 6. The fourth-order valence-electron chi connectivity index (χ4n) is 3.94. The van der Waals surface area contributed by atoms with E-state index in [1.54, 1.807) is 11.3 Å². The molecular formula is C22H32IN5O2S. The van der Waals surface area contributed by atoms with Crippen molar-refractivity contribution in [2.75, 3.05) is 40.0 Å². The number of fused-ring (bicyclic) bond motifs is 1. The second-order valence-electron chi connectivity index (χ2n) is 7.89. The lowest BCUT2D eigenvalue weighted by Crippen LogP contribution is -2.43. The number of guanidine groups is 1. The number of ether oxygens (including phenoxy) is 2. The van der Waals surface area contributed by atoms with Crippen LogP contribution in [0.25, 0.3) is 0 Å². The molecule has 2 aliphatic rings. The van der Waals surface area contributed by atoms with E-state index in [2.05, 4.69) is 49.9 Å². The lowest BCUT2D eigenvalue weighted by molar-refractivity contribution is 0.174. The van der Waals surface area contributed by atoms with Crippen molar-refractivity contribution in [2.45, 2.75) is 32.7 Å². The number of rotatable bonds is 7. The quantitative estimate of drug-likeness (QED) is 0.309. The fraction of sp³-hybridized carbons (Fsp3) is 0.545. The number of hydrogen-bond donors (Lipinski definition) is 2. The van der Waals surface area contributed by atoms with E-state index < -0.39 is 0 Å². The molecule has 0 unspecified atom stereocenters. The average Bonchev–Trinajstić information content (AvgIpc) is 3.39. The summed E-state index contributed by atoms with van der Waals surface area (Å²) in [5.74, 6) is 3.23. The number of likely N-dealkylation sites (tertiary alicyclic amines) is 1. The van der Waals surface area contributed by atoms with Crippen molar-refractivity contribution in [3.63, 3.8) is 0 Å². The topological polar surface area (TPSA) is 71.0 Å². The predicted octanol–water partition coefficient (Wildman–Crippen LogP) is 3.42. The Morgan fingerprint density at radius 2 is 2.03 bits per heavy atom. The predicted molar refractivity (Wildman–Crippen MR) is 136 cm³/mol. The van der Waals surface area contributed by atoms with Crippen LogP contribution in [0.3, 0.4) is 0 Å². The number of benzene rings is 1. The molecule has 7 nitrogen and oxygen atoms in total. The van der Waals surface area contributed by atoms with Crippen molar-refractivity contribution in [1.82, 2.24) is 20.5 Å². The molecule has 31 heavy (non-hydrogen) atoms. The van der Waals surface area contributed by atoms with Crippen LogP contribution in [-0.2, 0) is 13.0 Å². The van der Waals surface area contributed by atoms with Gasteiger partial charge in [-0.15, -0.1) is 35.3 Å². The summed E-state index contributed by atoms with van der Waals surface area (Å²) in [6, 6.07) is 6.12. The standard InChI is InChI=1S/C22H31N5O2S.HI/c1-16-26-19(14-30-16)13-27-9-6-18(7-10-27)12-25-22(23-2)24-8-5-17-3-4-20-21(11-17)29-15-28-20;/h3-4,11,14,18H,5-10,12-13,15H2,1-2H3,(H2,23,24,25);1H. The molecule has 1 aromatic carbocycles. The molecule has 0 aliphatic carbocycles. The van der Waals surface area contributed by atoms with Crippen molar-refractivity contribution in [3.8, 4) is 11.5 Å². The van der Waals surface area contributed by atoms with Gasteiger partial charge in [-0.1, -0.05) is 6.07 Å². The molecule has 2 N–H and O–H groups in total. The minimum atomic E-state index is 0. The van der Waals surface area contributed by atoms with Gasteiger partial charge in [-0.25, -0.2) is 4.98 Å². The Hall–Kier alpha value is -1.59. The van der Waals surface area contributed by atoms with E-state index in [1.807, 2.05) is 13.1 Å². The first-order valence-electron chi connectivity index (χ1n) is 10.7. The monoisotopic (exact) mass is 557 g/mol. The summed E-state index contributed by atoms with van der Waals surface area (Å²) < 4.78 is 10.8. The van der Waals surface area contributed by atoms with Gasteiger partial charge in [0, 0.05) is 32.1 Å². The molecule has 3 heterocycles. The lowest BCUT2D eigenvalue weighted by atomic mass is 9.97. The van der Waals surface area contributed by atoms with Crippen LogP contribution >= 0.6 is 35.3 Å². The first-order valence-corrected chi connectivity index (χ1v) is 11.5. The van der Waals surface area contributed by atoms with Gasteiger partial charge < -0.3 is 20.1 Å². The highest BCUT2D eigenvalue weighted by molar-refractivity contribution is 14.0. The van der Waals surface area contributed by atoms with Crippen molar-refractivity contribution < 1.29 is 9.47 Å². The normalized spacial score (nSPS) is 16.8. The van der Waals surface area contributed by atoms with Gasteiger partial charge in [-0.3, -0.25) is 9.89 Å². The van der Waals surface area contributed by atoms with E-state index in [0.717, 1.165) is 61.6 Å². The summed E-state index contributed by atoms with van der Waals surface area (Å²) in [6.45, 7) is 7.43. The summed E-state index contributed by atoms with van der Waals surface area (Å²) in [5, 5.41) is 10.3. The number of aromatic nitrogens is 1. The van der Waals surface area contributed by atoms with E-state index >= 15 is 0 Å². The molecule has 0 bridgehead atoms. The zero-order valence-electron chi connectivity index (χ0n) is 18.2. The molecule has 4 rings (SSSR count).